The van der Waals surface area contributed by atoms with Crippen LogP contribution in [0.5, 0.6) is 0 Å². The van der Waals surface area contributed by atoms with E-state index in [4.69, 9.17) is 0 Å². The quantitative estimate of drug-likeness (QED) is 0.464. The first-order chi connectivity index (χ1) is 7.70. The highest BCUT2D eigenvalue weighted by molar-refractivity contribution is 7.16. The molecular weight excluding hydrogens is 228 g/mol. The van der Waals surface area contributed by atoms with E-state index in [2.05, 4.69) is 4.98 Å². The fraction of sp³-hybridized carbons (Fsp3) is 0. The van der Waals surface area contributed by atoms with Crippen molar-refractivity contribution in [2.75, 3.05) is 0 Å². The Balaban J connectivity index is 2.43. The van der Waals surface area contributed by atoms with Crippen molar-refractivity contribution >= 4 is 23.3 Å². The van der Waals surface area contributed by atoms with Crippen molar-refractivity contribution in [3.8, 4) is 10.6 Å². The molecule has 1 heterocycles. The molecular formula is C10H6N2O3S. The van der Waals surface area contributed by atoms with Gasteiger partial charge in [-0.25, -0.2) is 4.98 Å². The topological polar surface area (TPSA) is 73.1 Å². The maximum atomic E-state index is 10.6. The van der Waals surface area contributed by atoms with Crippen molar-refractivity contribution in [1.29, 1.82) is 0 Å². The molecule has 0 amide bonds. The third-order valence-electron chi connectivity index (χ3n) is 1.94. The molecule has 16 heavy (non-hydrogen) atoms. The molecule has 0 aliphatic rings. The molecule has 0 unspecified atom stereocenters. The summed E-state index contributed by atoms with van der Waals surface area (Å²) in [5, 5.41) is 11.2. The minimum absolute atomic E-state index is 0.0142. The van der Waals surface area contributed by atoms with Gasteiger partial charge in [0.2, 0.25) is 0 Å². The third kappa shape index (κ3) is 1.96. The van der Waals surface area contributed by atoms with Gasteiger partial charge >= 0.3 is 0 Å². The number of hydrogen-bond acceptors (Lipinski definition) is 5. The van der Waals surface area contributed by atoms with Crippen LogP contribution in [0.2, 0.25) is 0 Å². The van der Waals surface area contributed by atoms with Crippen molar-refractivity contribution in [3.63, 3.8) is 0 Å². The molecule has 0 radical (unpaired) electrons. The lowest BCUT2D eigenvalue weighted by molar-refractivity contribution is -0.384. The van der Waals surface area contributed by atoms with Crippen LogP contribution in [0.25, 0.3) is 10.6 Å². The summed E-state index contributed by atoms with van der Waals surface area (Å²) in [5.41, 5.74) is 0.660. The van der Waals surface area contributed by atoms with Gasteiger partial charge in [0.15, 0.2) is 6.29 Å². The van der Waals surface area contributed by atoms with Gasteiger partial charge in [-0.2, -0.15) is 0 Å². The number of nitro benzene ring substituents is 1. The van der Waals surface area contributed by atoms with Crippen LogP contribution in [-0.4, -0.2) is 16.2 Å². The van der Waals surface area contributed by atoms with Gasteiger partial charge in [-0.15, -0.1) is 11.3 Å². The van der Waals surface area contributed by atoms with Crippen LogP contribution in [-0.2, 0) is 0 Å². The van der Waals surface area contributed by atoms with Gasteiger partial charge in [0.05, 0.1) is 9.80 Å². The lowest BCUT2D eigenvalue weighted by atomic mass is 10.2. The second-order valence-electron chi connectivity index (χ2n) is 2.99. The monoisotopic (exact) mass is 234 g/mol. The molecule has 0 N–H and O–H groups in total. The molecule has 2 rings (SSSR count). The first-order valence-corrected chi connectivity index (χ1v) is 5.18. The average Bonchev–Trinajstić information content (AvgIpc) is 2.77. The maximum Gasteiger partial charge on any atom is 0.270 e. The van der Waals surface area contributed by atoms with Crippen LogP contribution in [0.3, 0.4) is 0 Å². The van der Waals surface area contributed by atoms with Crippen LogP contribution < -0.4 is 0 Å². The summed E-state index contributed by atoms with van der Waals surface area (Å²) in [6.07, 6.45) is 2.16. The summed E-state index contributed by atoms with van der Waals surface area (Å²) < 4.78 is 0. The van der Waals surface area contributed by atoms with E-state index < -0.39 is 4.92 Å². The molecule has 0 fully saturated rings. The van der Waals surface area contributed by atoms with Crippen molar-refractivity contribution < 1.29 is 9.72 Å². The van der Waals surface area contributed by atoms with Gasteiger partial charge in [-0.1, -0.05) is 12.1 Å². The fourth-order valence-electron chi connectivity index (χ4n) is 1.23. The van der Waals surface area contributed by atoms with Crippen molar-refractivity contribution in [1.82, 2.24) is 4.98 Å². The molecule has 80 valence electrons. The first-order valence-electron chi connectivity index (χ1n) is 4.36. The standard InChI is InChI=1S/C10H6N2O3S/c13-6-9-5-11-10(16-9)7-2-1-3-8(4-7)12(14)15/h1-6H. The van der Waals surface area contributed by atoms with Gasteiger partial charge in [-0.05, 0) is 0 Å². The minimum atomic E-state index is -0.461. The van der Waals surface area contributed by atoms with Crippen LogP contribution in [0.15, 0.2) is 30.5 Å². The number of aromatic nitrogens is 1. The highest BCUT2D eigenvalue weighted by Crippen LogP contribution is 2.27. The third-order valence-corrected chi connectivity index (χ3v) is 2.92. The predicted molar refractivity (Wildman–Crippen MR) is 59.6 cm³/mol. The van der Waals surface area contributed by atoms with Crippen molar-refractivity contribution in [2.45, 2.75) is 0 Å². The molecule has 1 aromatic carbocycles. The zero-order valence-electron chi connectivity index (χ0n) is 7.99. The number of aldehydes is 1. The lowest BCUT2D eigenvalue weighted by Gasteiger charge is -1.95. The van der Waals surface area contributed by atoms with E-state index in [1.165, 1.54) is 29.7 Å². The SMILES string of the molecule is O=Cc1cnc(-c2cccc([N+](=O)[O-])c2)s1. The van der Waals surface area contributed by atoms with E-state index >= 15 is 0 Å². The average molecular weight is 234 g/mol. The number of benzene rings is 1. The minimum Gasteiger partial charge on any atom is -0.297 e. The summed E-state index contributed by atoms with van der Waals surface area (Å²) >= 11 is 1.20. The van der Waals surface area contributed by atoms with Crippen LogP contribution in [0.4, 0.5) is 5.69 Å². The van der Waals surface area contributed by atoms with Gasteiger partial charge < -0.3 is 0 Å². The van der Waals surface area contributed by atoms with Gasteiger partial charge in [-0.3, -0.25) is 14.9 Å². The molecule has 1 aromatic heterocycles. The first kappa shape index (κ1) is 10.4. The molecule has 0 bridgehead atoms. The number of hydrogen-bond donors (Lipinski definition) is 0. The maximum absolute atomic E-state index is 10.6. The Labute approximate surface area is 94.5 Å². The van der Waals surface area contributed by atoms with E-state index in [0.717, 1.165) is 0 Å². The van der Waals surface area contributed by atoms with E-state index in [1.807, 2.05) is 0 Å². The van der Waals surface area contributed by atoms with Gasteiger partial charge in [0.25, 0.3) is 5.69 Å². The molecule has 0 atom stereocenters. The molecule has 0 spiro atoms. The fourth-order valence-corrected chi connectivity index (χ4v) is 1.95. The lowest BCUT2D eigenvalue weighted by Crippen LogP contribution is -1.87. The summed E-state index contributed by atoms with van der Waals surface area (Å²) in [5.74, 6) is 0. The highest BCUT2D eigenvalue weighted by atomic mass is 32.1. The van der Waals surface area contributed by atoms with Crippen molar-refractivity contribution in [3.05, 3.63) is 45.5 Å². The number of carbonyl (C=O) groups is 1. The zero-order chi connectivity index (χ0) is 11.5. The van der Waals surface area contributed by atoms with Crippen molar-refractivity contribution in [2.24, 2.45) is 0 Å². The second-order valence-corrected chi connectivity index (χ2v) is 4.06. The number of thiazole rings is 1. The van der Waals surface area contributed by atoms with Gasteiger partial charge in [0, 0.05) is 23.9 Å². The normalized spacial score (nSPS) is 10.0. The van der Waals surface area contributed by atoms with Gasteiger partial charge in [0.1, 0.15) is 5.01 Å². The number of non-ortho nitro benzene ring substituents is 1. The number of nitro groups is 1. The van der Waals surface area contributed by atoms with E-state index in [0.29, 0.717) is 21.7 Å². The van der Waals surface area contributed by atoms with Crippen LogP contribution in [0, 0.1) is 10.1 Å². The Morgan fingerprint density at radius 1 is 1.44 bits per heavy atom. The molecule has 0 saturated carbocycles. The molecule has 0 aliphatic carbocycles. The Hall–Kier alpha value is -2.08. The molecule has 6 heteroatoms. The molecule has 0 saturated heterocycles. The Morgan fingerprint density at radius 2 is 2.25 bits per heavy atom. The predicted octanol–water partition coefficient (Wildman–Crippen LogP) is 2.53. The van der Waals surface area contributed by atoms with E-state index in [1.54, 1.807) is 12.1 Å². The molecule has 5 nitrogen and oxygen atoms in total. The van der Waals surface area contributed by atoms with E-state index in [-0.39, 0.29) is 5.69 Å². The largest absolute Gasteiger partial charge is 0.297 e. The van der Waals surface area contributed by atoms with E-state index in [9.17, 15) is 14.9 Å². The summed E-state index contributed by atoms with van der Waals surface area (Å²) in [6, 6.07) is 6.17. The summed E-state index contributed by atoms with van der Waals surface area (Å²) in [4.78, 5) is 25.1. The highest BCUT2D eigenvalue weighted by Gasteiger charge is 2.09. The number of carbonyl (C=O) groups excluding carboxylic acids is 1. The number of rotatable bonds is 3. The summed E-state index contributed by atoms with van der Waals surface area (Å²) in [7, 11) is 0. The number of nitrogens with zero attached hydrogens (tertiary/aromatic N) is 2. The van der Waals surface area contributed by atoms with Crippen LogP contribution in [0.1, 0.15) is 9.67 Å². The molecule has 0 aliphatic heterocycles. The summed E-state index contributed by atoms with van der Waals surface area (Å²) in [6.45, 7) is 0. The second kappa shape index (κ2) is 4.19. The Morgan fingerprint density at radius 3 is 2.88 bits per heavy atom. The molecule has 2 aromatic rings. The zero-order valence-corrected chi connectivity index (χ0v) is 8.81. The Kier molecular flexibility index (Phi) is 2.74. The Bertz CT molecular complexity index is 551. The van der Waals surface area contributed by atoms with Crippen LogP contribution >= 0.6 is 11.3 Å². The smallest absolute Gasteiger partial charge is 0.270 e.